The van der Waals surface area contributed by atoms with Crippen LogP contribution in [0.1, 0.15) is 35.3 Å². The van der Waals surface area contributed by atoms with Crippen LogP contribution in [0.15, 0.2) is 47.4 Å². The molecule has 0 aliphatic carbocycles. The summed E-state index contributed by atoms with van der Waals surface area (Å²) < 4.78 is 18.9. The molecule has 0 saturated carbocycles. The number of amides is 1. The molecule has 0 saturated heterocycles. The second-order valence-electron chi connectivity index (χ2n) is 5.81. The first kappa shape index (κ1) is 17.5. The summed E-state index contributed by atoms with van der Waals surface area (Å²) in [4.78, 5) is 24.4. The first-order valence-corrected chi connectivity index (χ1v) is 8.97. The Kier molecular flexibility index (Phi) is 5.38. The molecular weight excluding hydrogens is 341 g/mol. The lowest BCUT2D eigenvalue weighted by Crippen LogP contribution is -2.34. The lowest BCUT2D eigenvalue weighted by Gasteiger charge is -2.26. The van der Waals surface area contributed by atoms with Gasteiger partial charge in [0.2, 0.25) is 0 Å². The quantitative estimate of drug-likeness (QED) is 0.826. The summed E-state index contributed by atoms with van der Waals surface area (Å²) in [5.41, 5.74) is 1.41. The van der Waals surface area contributed by atoms with Crippen molar-refractivity contribution < 1.29 is 18.7 Å². The SMILES string of the molecule is CC(=O)c1ccc(OCC(=O)NC2CCSc3ccc(F)cc32)cc1. The van der Waals surface area contributed by atoms with E-state index in [2.05, 4.69) is 5.32 Å². The van der Waals surface area contributed by atoms with Crippen LogP contribution in [0.3, 0.4) is 0 Å². The molecule has 1 atom stereocenters. The molecule has 0 fully saturated rings. The van der Waals surface area contributed by atoms with Crippen LogP contribution < -0.4 is 10.1 Å². The molecule has 2 aromatic rings. The summed E-state index contributed by atoms with van der Waals surface area (Å²) in [6.45, 7) is 1.36. The lowest BCUT2D eigenvalue weighted by molar-refractivity contribution is -0.123. The Balaban J connectivity index is 1.58. The number of carbonyl (C=O) groups is 2. The maximum atomic E-state index is 13.5. The number of carbonyl (C=O) groups excluding carboxylic acids is 2. The zero-order valence-corrected chi connectivity index (χ0v) is 14.6. The molecule has 25 heavy (non-hydrogen) atoms. The third-order valence-electron chi connectivity index (χ3n) is 3.98. The fourth-order valence-electron chi connectivity index (χ4n) is 2.69. The van der Waals surface area contributed by atoms with Gasteiger partial charge in [-0.1, -0.05) is 0 Å². The van der Waals surface area contributed by atoms with Gasteiger partial charge >= 0.3 is 0 Å². The van der Waals surface area contributed by atoms with Gasteiger partial charge in [0.05, 0.1) is 6.04 Å². The number of ketones is 1. The van der Waals surface area contributed by atoms with E-state index in [0.29, 0.717) is 11.3 Å². The standard InChI is InChI=1S/C19H18FNO3S/c1-12(22)13-2-5-15(6-3-13)24-11-19(23)21-17-8-9-25-18-7-4-14(20)10-16(17)18/h2-7,10,17H,8-9,11H2,1H3,(H,21,23). The number of hydrogen-bond donors (Lipinski definition) is 1. The molecule has 1 aliphatic heterocycles. The van der Waals surface area contributed by atoms with Gasteiger partial charge in [-0.15, -0.1) is 11.8 Å². The molecule has 0 radical (unpaired) electrons. The van der Waals surface area contributed by atoms with Gasteiger partial charge in [0.25, 0.3) is 5.91 Å². The predicted octanol–water partition coefficient (Wildman–Crippen LogP) is 3.76. The van der Waals surface area contributed by atoms with Crippen molar-refractivity contribution in [3.63, 3.8) is 0 Å². The van der Waals surface area contributed by atoms with E-state index in [4.69, 9.17) is 4.74 Å². The Morgan fingerprint density at radius 3 is 2.72 bits per heavy atom. The summed E-state index contributed by atoms with van der Waals surface area (Å²) >= 11 is 1.67. The van der Waals surface area contributed by atoms with Crippen LogP contribution in [0.25, 0.3) is 0 Å². The molecule has 6 heteroatoms. The fourth-order valence-corrected chi connectivity index (χ4v) is 3.79. The summed E-state index contributed by atoms with van der Waals surface area (Å²) in [6, 6.07) is 11.1. The topological polar surface area (TPSA) is 55.4 Å². The minimum absolute atomic E-state index is 0.0228. The number of ether oxygens (including phenoxy) is 1. The smallest absolute Gasteiger partial charge is 0.258 e. The molecule has 0 bridgehead atoms. The number of thioether (sulfide) groups is 1. The van der Waals surface area contributed by atoms with Crippen molar-refractivity contribution in [2.75, 3.05) is 12.4 Å². The van der Waals surface area contributed by atoms with Crippen LogP contribution in [0.2, 0.25) is 0 Å². The van der Waals surface area contributed by atoms with Gasteiger partial charge in [-0.05, 0) is 61.4 Å². The van der Waals surface area contributed by atoms with Crippen molar-refractivity contribution >= 4 is 23.5 Å². The molecule has 2 aromatic carbocycles. The van der Waals surface area contributed by atoms with Crippen molar-refractivity contribution in [3.05, 3.63) is 59.4 Å². The van der Waals surface area contributed by atoms with Crippen LogP contribution in [0.4, 0.5) is 4.39 Å². The normalized spacial score (nSPS) is 16.0. The molecule has 0 spiro atoms. The van der Waals surface area contributed by atoms with Crippen LogP contribution in [-0.4, -0.2) is 24.1 Å². The predicted molar refractivity (Wildman–Crippen MR) is 94.6 cm³/mol. The largest absolute Gasteiger partial charge is 0.484 e. The van der Waals surface area contributed by atoms with Gasteiger partial charge in [-0.25, -0.2) is 4.39 Å². The Labute approximate surface area is 149 Å². The van der Waals surface area contributed by atoms with Crippen LogP contribution >= 0.6 is 11.8 Å². The Morgan fingerprint density at radius 1 is 1.24 bits per heavy atom. The molecule has 1 aliphatic rings. The van der Waals surface area contributed by atoms with Gasteiger partial charge in [-0.3, -0.25) is 9.59 Å². The highest BCUT2D eigenvalue weighted by atomic mass is 32.2. The van der Waals surface area contributed by atoms with E-state index < -0.39 is 0 Å². The number of nitrogens with one attached hydrogen (secondary N) is 1. The first-order valence-electron chi connectivity index (χ1n) is 7.98. The third kappa shape index (κ3) is 4.39. The van der Waals surface area contributed by atoms with Crippen molar-refractivity contribution in [1.29, 1.82) is 0 Å². The molecule has 3 rings (SSSR count). The highest BCUT2D eigenvalue weighted by Crippen LogP contribution is 2.36. The fraction of sp³-hybridized carbons (Fsp3) is 0.263. The number of Topliss-reactive ketones (excluding diaryl/α,β-unsaturated/α-hetero) is 1. The van der Waals surface area contributed by atoms with E-state index >= 15 is 0 Å². The third-order valence-corrected chi connectivity index (χ3v) is 5.10. The van der Waals surface area contributed by atoms with Crippen LogP contribution in [0.5, 0.6) is 5.75 Å². The number of hydrogen-bond acceptors (Lipinski definition) is 4. The molecule has 1 heterocycles. The van der Waals surface area contributed by atoms with E-state index in [-0.39, 0.29) is 30.2 Å². The maximum absolute atomic E-state index is 13.5. The van der Waals surface area contributed by atoms with Gasteiger partial charge in [0.1, 0.15) is 11.6 Å². The lowest BCUT2D eigenvalue weighted by atomic mass is 10.0. The van der Waals surface area contributed by atoms with Crippen molar-refractivity contribution in [2.45, 2.75) is 24.3 Å². The van der Waals surface area contributed by atoms with Crippen LogP contribution in [-0.2, 0) is 4.79 Å². The minimum Gasteiger partial charge on any atom is -0.484 e. The molecule has 1 unspecified atom stereocenters. The second-order valence-corrected chi connectivity index (χ2v) is 6.95. The summed E-state index contributed by atoms with van der Waals surface area (Å²) in [7, 11) is 0. The minimum atomic E-state index is -0.303. The van der Waals surface area contributed by atoms with E-state index in [9.17, 15) is 14.0 Å². The molecule has 130 valence electrons. The van der Waals surface area contributed by atoms with Crippen molar-refractivity contribution in [3.8, 4) is 5.75 Å². The molecule has 1 amide bonds. The Hall–Kier alpha value is -2.34. The molecular formula is C19H18FNO3S. The number of rotatable bonds is 5. The number of halogens is 1. The van der Waals surface area contributed by atoms with Gasteiger partial charge < -0.3 is 10.1 Å². The molecule has 0 aromatic heterocycles. The van der Waals surface area contributed by atoms with E-state index in [0.717, 1.165) is 22.6 Å². The molecule has 4 nitrogen and oxygen atoms in total. The zero-order chi connectivity index (χ0) is 17.8. The highest BCUT2D eigenvalue weighted by Gasteiger charge is 2.23. The summed E-state index contributed by atoms with van der Waals surface area (Å²) in [5, 5.41) is 2.90. The second kappa shape index (κ2) is 7.70. The number of fused-ring (bicyclic) bond motifs is 1. The van der Waals surface area contributed by atoms with E-state index in [1.807, 2.05) is 0 Å². The van der Waals surface area contributed by atoms with Crippen molar-refractivity contribution in [2.24, 2.45) is 0 Å². The van der Waals surface area contributed by atoms with Gasteiger partial charge in [0.15, 0.2) is 12.4 Å². The number of benzene rings is 2. The zero-order valence-electron chi connectivity index (χ0n) is 13.8. The monoisotopic (exact) mass is 359 g/mol. The molecule has 1 N–H and O–H groups in total. The van der Waals surface area contributed by atoms with E-state index in [1.54, 1.807) is 42.1 Å². The van der Waals surface area contributed by atoms with Crippen LogP contribution in [0, 0.1) is 5.82 Å². The Bertz CT molecular complexity index is 792. The Morgan fingerprint density at radius 2 is 2.00 bits per heavy atom. The van der Waals surface area contributed by atoms with Gasteiger partial charge in [0, 0.05) is 16.2 Å². The summed E-state index contributed by atoms with van der Waals surface area (Å²) in [6.07, 6.45) is 0.750. The van der Waals surface area contributed by atoms with Crippen molar-refractivity contribution in [1.82, 2.24) is 5.32 Å². The van der Waals surface area contributed by atoms with E-state index in [1.165, 1.54) is 19.1 Å². The first-order chi connectivity index (χ1) is 12.0. The summed E-state index contributed by atoms with van der Waals surface area (Å²) in [5.74, 6) is 0.804. The highest BCUT2D eigenvalue weighted by molar-refractivity contribution is 7.99. The maximum Gasteiger partial charge on any atom is 0.258 e. The average molecular weight is 359 g/mol. The van der Waals surface area contributed by atoms with Gasteiger partial charge in [-0.2, -0.15) is 0 Å². The average Bonchev–Trinajstić information content (AvgIpc) is 2.61.